The molecule has 0 saturated carbocycles. The summed E-state index contributed by atoms with van der Waals surface area (Å²) in [5, 5.41) is 2.53. The molecule has 2 heterocycles. The van der Waals surface area contributed by atoms with Crippen LogP contribution in [0.25, 0.3) is 0 Å². The highest BCUT2D eigenvalue weighted by Crippen LogP contribution is 2.33. The van der Waals surface area contributed by atoms with E-state index in [2.05, 4.69) is 11.9 Å². The first kappa shape index (κ1) is 15.2. The molecule has 0 aliphatic carbocycles. The third kappa shape index (κ3) is 2.41. The van der Waals surface area contributed by atoms with Crippen LogP contribution in [-0.4, -0.2) is 28.7 Å². The first-order chi connectivity index (χ1) is 9.92. The Kier molecular flexibility index (Phi) is 4.06. The molecule has 1 unspecified atom stereocenters. The summed E-state index contributed by atoms with van der Waals surface area (Å²) in [6.45, 7) is 6.78. The number of allylic oxidation sites excluding steroid dienone is 3. The number of hydrogen-bond acceptors (Lipinski definition) is 3. The highest BCUT2D eigenvalue weighted by atomic mass is 19.1. The van der Waals surface area contributed by atoms with E-state index in [9.17, 15) is 18.8 Å². The third-order valence-corrected chi connectivity index (χ3v) is 3.66. The van der Waals surface area contributed by atoms with Crippen LogP contribution in [0, 0.1) is 0 Å². The number of hydrogen-bond donors (Lipinski definition) is 1. The van der Waals surface area contributed by atoms with Gasteiger partial charge in [-0.1, -0.05) is 19.6 Å². The molecule has 0 aromatic heterocycles. The molecule has 6 heteroatoms. The van der Waals surface area contributed by atoms with Crippen LogP contribution < -0.4 is 5.32 Å². The van der Waals surface area contributed by atoms with E-state index in [-0.39, 0.29) is 17.6 Å². The van der Waals surface area contributed by atoms with Crippen LogP contribution in [0.1, 0.15) is 33.1 Å². The van der Waals surface area contributed by atoms with E-state index in [1.54, 1.807) is 13.8 Å². The van der Waals surface area contributed by atoms with Crippen molar-refractivity contribution in [2.45, 2.75) is 39.2 Å². The Morgan fingerprint density at radius 1 is 1.43 bits per heavy atom. The molecule has 3 amide bonds. The zero-order valence-corrected chi connectivity index (χ0v) is 12.0. The molecule has 1 atom stereocenters. The Morgan fingerprint density at radius 2 is 2.10 bits per heavy atom. The minimum atomic E-state index is -0.910. The fraction of sp³-hybridized carbons (Fsp3) is 0.400. The lowest BCUT2D eigenvalue weighted by Crippen LogP contribution is -2.51. The Balaban J connectivity index is 2.43. The van der Waals surface area contributed by atoms with Gasteiger partial charge in [0, 0.05) is 5.70 Å². The Labute approximate surface area is 122 Å². The van der Waals surface area contributed by atoms with Gasteiger partial charge in [0.05, 0.1) is 11.1 Å². The number of imide groups is 1. The molecule has 0 radical (unpaired) electrons. The maximum Gasteiger partial charge on any atom is 0.264 e. The number of rotatable bonds is 2. The number of piperidine rings is 1. The molecule has 112 valence electrons. The first-order valence-corrected chi connectivity index (χ1v) is 6.84. The summed E-state index contributed by atoms with van der Waals surface area (Å²) in [5.41, 5.74) is 0.357. The van der Waals surface area contributed by atoms with E-state index in [0.29, 0.717) is 18.5 Å². The molecule has 0 bridgehead atoms. The van der Waals surface area contributed by atoms with Gasteiger partial charge in [-0.15, -0.1) is 0 Å². The second-order valence-electron chi connectivity index (χ2n) is 4.96. The van der Waals surface area contributed by atoms with Crippen molar-refractivity contribution in [1.29, 1.82) is 0 Å². The Morgan fingerprint density at radius 3 is 2.62 bits per heavy atom. The van der Waals surface area contributed by atoms with Crippen molar-refractivity contribution >= 4 is 17.7 Å². The second kappa shape index (κ2) is 5.63. The highest BCUT2D eigenvalue weighted by Gasteiger charge is 2.46. The van der Waals surface area contributed by atoms with Crippen molar-refractivity contribution in [3.63, 3.8) is 0 Å². The van der Waals surface area contributed by atoms with Crippen molar-refractivity contribution in [3.05, 3.63) is 35.3 Å². The molecule has 0 aromatic carbocycles. The summed E-state index contributed by atoms with van der Waals surface area (Å²) in [7, 11) is 0. The highest BCUT2D eigenvalue weighted by molar-refractivity contribution is 6.26. The number of carbonyl (C=O) groups is 3. The van der Waals surface area contributed by atoms with Gasteiger partial charge in [0.2, 0.25) is 5.91 Å². The van der Waals surface area contributed by atoms with Gasteiger partial charge in [-0.2, -0.15) is 0 Å². The van der Waals surface area contributed by atoms with E-state index < -0.39 is 29.6 Å². The number of likely N-dealkylation sites (tertiary alicyclic amines) is 1. The molecule has 2 saturated heterocycles. The average Bonchev–Trinajstić information content (AvgIpc) is 2.69. The molecule has 2 aliphatic heterocycles. The summed E-state index contributed by atoms with van der Waals surface area (Å²) in [4.78, 5) is 37.6. The summed E-state index contributed by atoms with van der Waals surface area (Å²) in [6.07, 6.45) is 2.21. The fourth-order valence-corrected chi connectivity index (χ4v) is 2.56. The van der Waals surface area contributed by atoms with Gasteiger partial charge in [-0.05, 0) is 26.2 Å². The zero-order chi connectivity index (χ0) is 15.7. The van der Waals surface area contributed by atoms with E-state index in [0.717, 1.165) is 4.90 Å². The van der Waals surface area contributed by atoms with E-state index in [1.165, 1.54) is 6.08 Å². The van der Waals surface area contributed by atoms with Crippen LogP contribution in [0.2, 0.25) is 0 Å². The second-order valence-corrected chi connectivity index (χ2v) is 4.96. The fourth-order valence-electron chi connectivity index (χ4n) is 2.56. The van der Waals surface area contributed by atoms with Gasteiger partial charge >= 0.3 is 0 Å². The Hall–Kier alpha value is -2.24. The molecule has 0 spiro atoms. The van der Waals surface area contributed by atoms with Crippen LogP contribution in [0.15, 0.2) is 35.3 Å². The standard InChI is InChI=1S/C15H17FN2O3/c1-4-9-12(10(16)5-2)15(21)18(14(9)20)11-7-6-8(3)17-13(11)19/h4,11H,3,5-7H2,1-2H3,(H,17,19)/b9-4+,12-10-. The van der Waals surface area contributed by atoms with Crippen molar-refractivity contribution in [2.24, 2.45) is 0 Å². The minimum Gasteiger partial charge on any atom is -0.329 e. The monoisotopic (exact) mass is 292 g/mol. The molecule has 21 heavy (non-hydrogen) atoms. The lowest BCUT2D eigenvalue weighted by molar-refractivity contribution is -0.145. The lowest BCUT2D eigenvalue weighted by Gasteiger charge is -2.29. The van der Waals surface area contributed by atoms with Gasteiger partial charge in [0.1, 0.15) is 11.9 Å². The number of carbonyl (C=O) groups excluding carboxylic acids is 3. The number of amides is 3. The van der Waals surface area contributed by atoms with Crippen LogP contribution in [0.5, 0.6) is 0 Å². The minimum absolute atomic E-state index is 0.0210. The van der Waals surface area contributed by atoms with Crippen LogP contribution in [0.4, 0.5) is 4.39 Å². The molecule has 5 nitrogen and oxygen atoms in total. The van der Waals surface area contributed by atoms with Crippen molar-refractivity contribution in [3.8, 4) is 0 Å². The molecule has 0 aromatic rings. The quantitative estimate of drug-likeness (QED) is 0.622. The van der Waals surface area contributed by atoms with Crippen molar-refractivity contribution < 1.29 is 18.8 Å². The number of halogens is 1. The predicted octanol–water partition coefficient (Wildman–Crippen LogP) is 1.73. The van der Waals surface area contributed by atoms with E-state index in [4.69, 9.17) is 0 Å². The third-order valence-electron chi connectivity index (χ3n) is 3.66. The number of nitrogens with one attached hydrogen (secondary N) is 1. The average molecular weight is 292 g/mol. The molecular weight excluding hydrogens is 275 g/mol. The topological polar surface area (TPSA) is 66.5 Å². The summed E-state index contributed by atoms with van der Waals surface area (Å²) < 4.78 is 13.9. The number of nitrogens with zero attached hydrogens (tertiary/aromatic N) is 1. The van der Waals surface area contributed by atoms with Gasteiger partial charge in [-0.25, -0.2) is 4.39 Å². The van der Waals surface area contributed by atoms with Gasteiger partial charge in [0.25, 0.3) is 11.8 Å². The maximum absolute atomic E-state index is 13.9. The summed E-state index contributed by atoms with van der Waals surface area (Å²) in [5.74, 6) is -2.44. The molecule has 1 N–H and O–H groups in total. The van der Waals surface area contributed by atoms with Gasteiger partial charge < -0.3 is 5.32 Å². The Bertz CT molecular complexity index is 604. The lowest BCUT2D eigenvalue weighted by atomic mass is 10.0. The van der Waals surface area contributed by atoms with Crippen molar-refractivity contribution in [2.75, 3.05) is 0 Å². The van der Waals surface area contributed by atoms with E-state index >= 15 is 0 Å². The van der Waals surface area contributed by atoms with Crippen molar-refractivity contribution in [1.82, 2.24) is 10.2 Å². The van der Waals surface area contributed by atoms with Crippen LogP contribution in [-0.2, 0) is 14.4 Å². The predicted molar refractivity (Wildman–Crippen MR) is 74.3 cm³/mol. The molecule has 2 aliphatic rings. The largest absolute Gasteiger partial charge is 0.329 e. The molecule has 2 fully saturated rings. The molecular formula is C15H17FN2O3. The van der Waals surface area contributed by atoms with Crippen LogP contribution in [0.3, 0.4) is 0 Å². The van der Waals surface area contributed by atoms with Gasteiger partial charge in [0.15, 0.2) is 0 Å². The smallest absolute Gasteiger partial charge is 0.264 e. The first-order valence-electron chi connectivity index (χ1n) is 6.84. The van der Waals surface area contributed by atoms with Gasteiger partial charge in [-0.3, -0.25) is 19.3 Å². The molecule has 2 rings (SSSR count). The van der Waals surface area contributed by atoms with E-state index in [1.807, 2.05) is 0 Å². The summed E-state index contributed by atoms with van der Waals surface area (Å²) >= 11 is 0. The summed E-state index contributed by atoms with van der Waals surface area (Å²) in [6, 6.07) is -0.910. The maximum atomic E-state index is 13.9. The normalized spacial score (nSPS) is 27.5. The zero-order valence-electron chi connectivity index (χ0n) is 12.0. The SMILES string of the molecule is C=C1CCC(N2C(=O)C(=C(\F)CC)/C(=C\C)C2=O)C(=O)N1. The van der Waals surface area contributed by atoms with Crippen LogP contribution >= 0.6 is 0 Å².